The lowest BCUT2D eigenvalue weighted by Crippen LogP contribution is -2.61. The lowest BCUT2D eigenvalue weighted by atomic mass is 9.85. The molecule has 1 amide bonds. The molecule has 18 heavy (non-hydrogen) atoms. The van der Waals surface area contributed by atoms with Crippen LogP contribution in [0.5, 0.6) is 0 Å². The standard InChI is InChI=1S/C13H22N2O3/c1-12(2,3)18-11(17)15-8-4-5-10(16)13(15)6-7-14-9-13/h14H,4-9H2,1-3H3. The van der Waals surface area contributed by atoms with Gasteiger partial charge in [0.2, 0.25) is 0 Å². The van der Waals surface area contributed by atoms with Gasteiger partial charge in [-0.1, -0.05) is 0 Å². The highest BCUT2D eigenvalue weighted by atomic mass is 16.6. The van der Waals surface area contributed by atoms with E-state index in [0.29, 0.717) is 25.9 Å². The predicted molar refractivity (Wildman–Crippen MR) is 67.4 cm³/mol. The van der Waals surface area contributed by atoms with Crippen LogP contribution in [0.4, 0.5) is 4.79 Å². The Labute approximate surface area is 108 Å². The Bertz CT molecular complexity index is 354. The Kier molecular flexibility index (Phi) is 3.36. The molecule has 0 saturated carbocycles. The first-order valence-corrected chi connectivity index (χ1v) is 6.60. The third-order valence-electron chi connectivity index (χ3n) is 3.57. The van der Waals surface area contributed by atoms with Gasteiger partial charge in [-0.05, 0) is 40.2 Å². The van der Waals surface area contributed by atoms with E-state index >= 15 is 0 Å². The van der Waals surface area contributed by atoms with Crippen molar-refractivity contribution >= 4 is 11.9 Å². The number of carbonyl (C=O) groups is 2. The van der Waals surface area contributed by atoms with Gasteiger partial charge in [0.1, 0.15) is 11.1 Å². The van der Waals surface area contributed by atoms with Crippen molar-refractivity contribution in [3.63, 3.8) is 0 Å². The average Bonchev–Trinajstić information content (AvgIpc) is 2.70. The van der Waals surface area contributed by atoms with E-state index in [1.807, 2.05) is 20.8 Å². The van der Waals surface area contributed by atoms with Gasteiger partial charge in [0.15, 0.2) is 5.78 Å². The first kappa shape index (κ1) is 13.3. The quantitative estimate of drug-likeness (QED) is 0.708. The van der Waals surface area contributed by atoms with Crippen molar-refractivity contribution < 1.29 is 14.3 Å². The van der Waals surface area contributed by atoms with Gasteiger partial charge >= 0.3 is 6.09 Å². The molecule has 0 radical (unpaired) electrons. The van der Waals surface area contributed by atoms with Crippen molar-refractivity contribution in [2.45, 2.75) is 51.2 Å². The number of Topliss-reactive ketones (excluding diaryl/α,β-unsaturated/α-hetero) is 1. The summed E-state index contributed by atoms with van der Waals surface area (Å²) >= 11 is 0. The molecule has 0 bridgehead atoms. The fraction of sp³-hybridized carbons (Fsp3) is 0.846. The monoisotopic (exact) mass is 254 g/mol. The highest BCUT2D eigenvalue weighted by Gasteiger charge is 2.50. The maximum atomic E-state index is 12.2. The Morgan fingerprint density at radius 3 is 2.72 bits per heavy atom. The summed E-state index contributed by atoms with van der Waals surface area (Å²) in [6.45, 7) is 7.49. The minimum absolute atomic E-state index is 0.171. The van der Waals surface area contributed by atoms with Crippen LogP contribution in [0.15, 0.2) is 0 Å². The molecule has 102 valence electrons. The zero-order chi connectivity index (χ0) is 13.4. The van der Waals surface area contributed by atoms with E-state index in [1.54, 1.807) is 4.90 Å². The molecule has 1 atom stereocenters. The van der Waals surface area contributed by atoms with E-state index in [1.165, 1.54) is 0 Å². The molecule has 1 spiro atoms. The number of amides is 1. The fourth-order valence-electron chi connectivity index (χ4n) is 2.73. The lowest BCUT2D eigenvalue weighted by molar-refractivity contribution is -0.133. The number of piperidine rings is 1. The average molecular weight is 254 g/mol. The Morgan fingerprint density at radius 1 is 1.44 bits per heavy atom. The summed E-state index contributed by atoms with van der Waals surface area (Å²) in [7, 11) is 0. The van der Waals surface area contributed by atoms with E-state index < -0.39 is 11.1 Å². The molecular weight excluding hydrogens is 232 g/mol. The normalized spacial score (nSPS) is 28.8. The summed E-state index contributed by atoms with van der Waals surface area (Å²) in [5.41, 5.74) is -1.18. The number of carbonyl (C=O) groups excluding carboxylic acids is 2. The summed E-state index contributed by atoms with van der Waals surface area (Å²) in [5, 5.41) is 3.19. The second kappa shape index (κ2) is 4.53. The van der Waals surface area contributed by atoms with Crippen molar-refractivity contribution in [1.29, 1.82) is 0 Å². The Morgan fingerprint density at radius 2 is 2.17 bits per heavy atom. The van der Waals surface area contributed by atoms with Gasteiger partial charge in [0.25, 0.3) is 0 Å². The Balaban J connectivity index is 2.19. The van der Waals surface area contributed by atoms with Crippen LogP contribution in [0.25, 0.3) is 0 Å². The molecule has 2 rings (SSSR count). The number of rotatable bonds is 0. The van der Waals surface area contributed by atoms with Crippen LogP contribution in [-0.2, 0) is 9.53 Å². The topological polar surface area (TPSA) is 58.6 Å². The molecule has 1 N–H and O–H groups in total. The number of hydrogen-bond donors (Lipinski definition) is 1. The summed E-state index contributed by atoms with van der Waals surface area (Å²) in [4.78, 5) is 26.1. The first-order chi connectivity index (χ1) is 8.35. The van der Waals surface area contributed by atoms with Crippen LogP contribution in [0.2, 0.25) is 0 Å². The van der Waals surface area contributed by atoms with Crippen molar-refractivity contribution in [3.05, 3.63) is 0 Å². The molecular formula is C13H22N2O3. The van der Waals surface area contributed by atoms with Gasteiger partial charge in [0.05, 0.1) is 0 Å². The summed E-state index contributed by atoms with van der Waals surface area (Å²) in [6, 6.07) is 0. The molecule has 0 aromatic carbocycles. The summed E-state index contributed by atoms with van der Waals surface area (Å²) < 4.78 is 5.42. The van der Waals surface area contributed by atoms with Gasteiger partial charge in [-0.3, -0.25) is 9.69 Å². The third-order valence-corrected chi connectivity index (χ3v) is 3.57. The van der Waals surface area contributed by atoms with Crippen molar-refractivity contribution in [1.82, 2.24) is 10.2 Å². The van der Waals surface area contributed by atoms with Gasteiger partial charge < -0.3 is 10.1 Å². The minimum Gasteiger partial charge on any atom is -0.444 e. The third kappa shape index (κ3) is 2.36. The molecule has 0 aromatic heterocycles. The maximum Gasteiger partial charge on any atom is 0.411 e. The molecule has 1 unspecified atom stereocenters. The molecule has 2 aliphatic heterocycles. The zero-order valence-electron chi connectivity index (χ0n) is 11.4. The zero-order valence-corrected chi connectivity index (χ0v) is 11.4. The maximum absolute atomic E-state index is 12.2. The van der Waals surface area contributed by atoms with Crippen LogP contribution in [0.1, 0.15) is 40.0 Å². The number of nitrogens with one attached hydrogen (secondary N) is 1. The van der Waals surface area contributed by atoms with Crippen LogP contribution < -0.4 is 5.32 Å². The number of ketones is 1. The van der Waals surface area contributed by atoms with Gasteiger partial charge in [-0.2, -0.15) is 0 Å². The molecule has 0 aliphatic carbocycles. The van der Waals surface area contributed by atoms with E-state index in [2.05, 4.69) is 5.32 Å². The van der Waals surface area contributed by atoms with E-state index in [9.17, 15) is 9.59 Å². The van der Waals surface area contributed by atoms with Gasteiger partial charge in [0, 0.05) is 19.5 Å². The molecule has 2 saturated heterocycles. The number of likely N-dealkylation sites (tertiary alicyclic amines) is 1. The van der Waals surface area contributed by atoms with Crippen LogP contribution in [-0.4, -0.2) is 47.6 Å². The van der Waals surface area contributed by atoms with Crippen LogP contribution >= 0.6 is 0 Å². The van der Waals surface area contributed by atoms with Gasteiger partial charge in [-0.25, -0.2) is 4.79 Å². The van der Waals surface area contributed by atoms with Crippen LogP contribution in [0, 0.1) is 0 Å². The largest absolute Gasteiger partial charge is 0.444 e. The second-order valence-electron chi connectivity index (χ2n) is 6.12. The van der Waals surface area contributed by atoms with Gasteiger partial charge in [-0.15, -0.1) is 0 Å². The van der Waals surface area contributed by atoms with Crippen molar-refractivity contribution in [2.75, 3.05) is 19.6 Å². The van der Waals surface area contributed by atoms with Crippen molar-refractivity contribution in [3.8, 4) is 0 Å². The fourth-order valence-corrected chi connectivity index (χ4v) is 2.73. The molecule has 2 heterocycles. The summed E-state index contributed by atoms with van der Waals surface area (Å²) in [5.74, 6) is 0.171. The SMILES string of the molecule is CC(C)(C)OC(=O)N1CCCC(=O)C12CCNC2. The first-order valence-electron chi connectivity index (χ1n) is 6.60. The molecule has 2 fully saturated rings. The number of hydrogen-bond acceptors (Lipinski definition) is 4. The molecule has 2 aliphatic rings. The predicted octanol–water partition coefficient (Wildman–Crippen LogP) is 1.32. The number of nitrogens with zero attached hydrogens (tertiary/aromatic N) is 1. The number of ether oxygens (including phenoxy) is 1. The Hall–Kier alpha value is -1.10. The molecule has 5 heteroatoms. The molecule has 5 nitrogen and oxygen atoms in total. The summed E-state index contributed by atoms with van der Waals surface area (Å²) in [6.07, 6.45) is 1.64. The highest BCUT2D eigenvalue weighted by Crippen LogP contribution is 2.32. The lowest BCUT2D eigenvalue weighted by Gasteiger charge is -2.43. The van der Waals surface area contributed by atoms with E-state index in [4.69, 9.17) is 4.74 Å². The van der Waals surface area contributed by atoms with Crippen LogP contribution in [0.3, 0.4) is 0 Å². The van der Waals surface area contributed by atoms with E-state index in [0.717, 1.165) is 13.0 Å². The second-order valence-corrected chi connectivity index (χ2v) is 6.12. The van der Waals surface area contributed by atoms with Crippen molar-refractivity contribution in [2.24, 2.45) is 0 Å². The van der Waals surface area contributed by atoms with E-state index in [-0.39, 0.29) is 11.9 Å². The highest BCUT2D eigenvalue weighted by molar-refractivity contribution is 5.93. The minimum atomic E-state index is -0.652. The smallest absolute Gasteiger partial charge is 0.411 e. The molecule has 0 aromatic rings.